The summed E-state index contributed by atoms with van der Waals surface area (Å²) >= 11 is 0. The van der Waals surface area contributed by atoms with Crippen LogP contribution in [0.1, 0.15) is 22.8 Å². The number of nitrogens with zero attached hydrogens (tertiary/aromatic N) is 2. The SMILES string of the molecule is CCN(C(=O)c1ccc(C#N)cc1)c1ccc(F)cc1. The third-order valence-electron chi connectivity index (χ3n) is 2.96. The first-order valence-electron chi connectivity index (χ1n) is 6.23. The minimum Gasteiger partial charge on any atom is -0.309 e. The van der Waals surface area contributed by atoms with E-state index in [-0.39, 0.29) is 11.7 Å². The Morgan fingerprint density at radius 1 is 1.15 bits per heavy atom. The molecule has 0 aliphatic carbocycles. The Bertz CT molecular complexity index is 642. The average molecular weight is 268 g/mol. The molecule has 0 N–H and O–H groups in total. The summed E-state index contributed by atoms with van der Waals surface area (Å²) in [6.07, 6.45) is 0. The fourth-order valence-corrected chi connectivity index (χ4v) is 1.91. The zero-order valence-electron chi connectivity index (χ0n) is 11.0. The standard InChI is InChI=1S/C16H13FN2O/c1-2-19(15-9-7-14(17)8-10-15)16(20)13-5-3-12(11-18)4-6-13/h3-10H,2H2,1H3. The van der Waals surface area contributed by atoms with Gasteiger partial charge in [0.1, 0.15) is 5.82 Å². The first-order chi connectivity index (χ1) is 9.65. The normalized spacial score (nSPS) is 9.85. The molecule has 0 spiro atoms. The largest absolute Gasteiger partial charge is 0.309 e. The lowest BCUT2D eigenvalue weighted by Crippen LogP contribution is -2.30. The maximum Gasteiger partial charge on any atom is 0.258 e. The van der Waals surface area contributed by atoms with Gasteiger partial charge in [-0.25, -0.2) is 4.39 Å². The molecule has 0 atom stereocenters. The van der Waals surface area contributed by atoms with Crippen molar-refractivity contribution in [3.8, 4) is 6.07 Å². The van der Waals surface area contributed by atoms with Gasteiger partial charge in [-0.05, 0) is 55.5 Å². The Morgan fingerprint density at radius 2 is 1.75 bits per heavy atom. The molecule has 0 saturated carbocycles. The van der Waals surface area contributed by atoms with Crippen molar-refractivity contribution in [2.24, 2.45) is 0 Å². The van der Waals surface area contributed by atoms with Gasteiger partial charge in [0.05, 0.1) is 11.6 Å². The highest BCUT2D eigenvalue weighted by atomic mass is 19.1. The minimum atomic E-state index is -0.337. The number of benzene rings is 2. The molecule has 0 radical (unpaired) electrons. The molecule has 4 heteroatoms. The number of anilines is 1. The van der Waals surface area contributed by atoms with Crippen LogP contribution in [-0.4, -0.2) is 12.5 Å². The zero-order chi connectivity index (χ0) is 14.5. The van der Waals surface area contributed by atoms with Gasteiger partial charge in [0.2, 0.25) is 0 Å². The highest BCUT2D eigenvalue weighted by molar-refractivity contribution is 6.06. The number of nitriles is 1. The summed E-state index contributed by atoms with van der Waals surface area (Å²) in [5, 5.41) is 8.75. The molecule has 0 fully saturated rings. The fraction of sp³-hybridized carbons (Fsp3) is 0.125. The van der Waals surface area contributed by atoms with Gasteiger partial charge < -0.3 is 4.90 Å². The molecular weight excluding hydrogens is 255 g/mol. The van der Waals surface area contributed by atoms with Crippen LogP contribution in [-0.2, 0) is 0 Å². The van der Waals surface area contributed by atoms with Gasteiger partial charge in [-0.1, -0.05) is 0 Å². The second-order valence-corrected chi connectivity index (χ2v) is 4.21. The van der Waals surface area contributed by atoms with E-state index in [0.29, 0.717) is 23.4 Å². The van der Waals surface area contributed by atoms with E-state index in [1.807, 2.05) is 13.0 Å². The van der Waals surface area contributed by atoms with Crippen molar-refractivity contribution in [3.63, 3.8) is 0 Å². The molecule has 100 valence electrons. The number of carbonyl (C=O) groups excluding carboxylic acids is 1. The molecule has 0 heterocycles. The van der Waals surface area contributed by atoms with Gasteiger partial charge in [0.15, 0.2) is 0 Å². The van der Waals surface area contributed by atoms with E-state index >= 15 is 0 Å². The predicted octanol–water partition coefficient (Wildman–Crippen LogP) is 3.36. The predicted molar refractivity (Wildman–Crippen MR) is 74.9 cm³/mol. The Morgan fingerprint density at radius 3 is 2.25 bits per heavy atom. The zero-order valence-corrected chi connectivity index (χ0v) is 11.0. The molecule has 1 amide bonds. The molecular formula is C16H13FN2O. The van der Waals surface area contributed by atoms with Gasteiger partial charge in [0, 0.05) is 17.8 Å². The van der Waals surface area contributed by atoms with Crippen molar-refractivity contribution < 1.29 is 9.18 Å². The van der Waals surface area contributed by atoms with Crippen LogP contribution in [0.4, 0.5) is 10.1 Å². The number of carbonyl (C=O) groups is 1. The Labute approximate surface area is 116 Å². The summed E-state index contributed by atoms with van der Waals surface area (Å²) in [4.78, 5) is 14.0. The van der Waals surface area contributed by atoms with E-state index < -0.39 is 0 Å². The average Bonchev–Trinajstić information content (AvgIpc) is 2.50. The Kier molecular flexibility index (Phi) is 4.11. The van der Waals surface area contributed by atoms with Crippen molar-refractivity contribution in [1.82, 2.24) is 0 Å². The molecule has 2 aromatic carbocycles. The molecule has 0 unspecified atom stereocenters. The van der Waals surface area contributed by atoms with Gasteiger partial charge in [0.25, 0.3) is 5.91 Å². The van der Waals surface area contributed by atoms with E-state index in [0.717, 1.165) is 0 Å². The van der Waals surface area contributed by atoms with Crippen LogP contribution in [0.5, 0.6) is 0 Å². The Balaban J connectivity index is 2.28. The molecule has 0 aliphatic heterocycles. The summed E-state index contributed by atoms with van der Waals surface area (Å²) in [7, 11) is 0. The second-order valence-electron chi connectivity index (χ2n) is 4.21. The van der Waals surface area contributed by atoms with Crippen molar-refractivity contribution in [2.45, 2.75) is 6.92 Å². The molecule has 3 nitrogen and oxygen atoms in total. The first-order valence-corrected chi connectivity index (χ1v) is 6.23. The van der Waals surface area contributed by atoms with Gasteiger partial charge in [-0.3, -0.25) is 4.79 Å². The smallest absolute Gasteiger partial charge is 0.258 e. The molecule has 0 aliphatic rings. The van der Waals surface area contributed by atoms with E-state index in [2.05, 4.69) is 0 Å². The summed E-state index contributed by atoms with van der Waals surface area (Å²) in [5.74, 6) is -0.515. The Hall–Kier alpha value is -2.67. The number of rotatable bonds is 3. The number of amides is 1. The highest BCUT2D eigenvalue weighted by Crippen LogP contribution is 2.18. The fourth-order valence-electron chi connectivity index (χ4n) is 1.91. The van der Waals surface area contributed by atoms with Crippen LogP contribution in [0.25, 0.3) is 0 Å². The highest BCUT2D eigenvalue weighted by Gasteiger charge is 2.15. The number of hydrogen-bond donors (Lipinski definition) is 0. The van der Waals surface area contributed by atoms with E-state index in [1.165, 1.54) is 12.1 Å². The third kappa shape index (κ3) is 2.83. The summed E-state index contributed by atoms with van der Waals surface area (Å²) < 4.78 is 12.9. The molecule has 2 aromatic rings. The van der Waals surface area contributed by atoms with Gasteiger partial charge in [-0.15, -0.1) is 0 Å². The van der Waals surface area contributed by atoms with E-state index in [4.69, 9.17) is 5.26 Å². The first kappa shape index (κ1) is 13.8. The van der Waals surface area contributed by atoms with E-state index in [9.17, 15) is 9.18 Å². The van der Waals surface area contributed by atoms with Crippen LogP contribution in [0.3, 0.4) is 0 Å². The van der Waals surface area contributed by atoms with Crippen molar-refractivity contribution in [3.05, 3.63) is 65.5 Å². The van der Waals surface area contributed by atoms with Gasteiger partial charge >= 0.3 is 0 Å². The van der Waals surface area contributed by atoms with Crippen LogP contribution < -0.4 is 4.90 Å². The number of hydrogen-bond acceptors (Lipinski definition) is 2. The monoisotopic (exact) mass is 268 g/mol. The van der Waals surface area contributed by atoms with Crippen molar-refractivity contribution >= 4 is 11.6 Å². The minimum absolute atomic E-state index is 0.177. The molecule has 2 rings (SSSR count). The van der Waals surface area contributed by atoms with Crippen molar-refractivity contribution in [1.29, 1.82) is 5.26 Å². The summed E-state index contributed by atoms with van der Waals surface area (Å²) in [5.41, 5.74) is 1.64. The lowest BCUT2D eigenvalue weighted by atomic mass is 10.1. The lowest BCUT2D eigenvalue weighted by Gasteiger charge is -2.21. The summed E-state index contributed by atoms with van der Waals surface area (Å²) in [6.45, 7) is 2.33. The maximum absolute atomic E-state index is 12.9. The second kappa shape index (κ2) is 5.98. The maximum atomic E-state index is 12.9. The quantitative estimate of drug-likeness (QED) is 0.856. The third-order valence-corrected chi connectivity index (χ3v) is 2.96. The summed E-state index contributed by atoms with van der Waals surface area (Å²) in [6, 6.07) is 14.2. The van der Waals surface area contributed by atoms with Crippen LogP contribution in [0.15, 0.2) is 48.5 Å². The van der Waals surface area contributed by atoms with Crippen LogP contribution in [0, 0.1) is 17.1 Å². The molecule has 20 heavy (non-hydrogen) atoms. The lowest BCUT2D eigenvalue weighted by molar-refractivity contribution is 0.0988. The van der Waals surface area contributed by atoms with Crippen molar-refractivity contribution in [2.75, 3.05) is 11.4 Å². The topological polar surface area (TPSA) is 44.1 Å². The molecule has 0 saturated heterocycles. The molecule has 0 bridgehead atoms. The van der Waals surface area contributed by atoms with E-state index in [1.54, 1.807) is 41.3 Å². The van der Waals surface area contributed by atoms with Crippen LogP contribution >= 0.6 is 0 Å². The molecule has 0 aromatic heterocycles. The number of halogens is 1. The van der Waals surface area contributed by atoms with Gasteiger partial charge in [-0.2, -0.15) is 5.26 Å². The van der Waals surface area contributed by atoms with Crippen LogP contribution in [0.2, 0.25) is 0 Å².